The molecule has 20 heavy (non-hydrogen) atoms. The molecule has 0 aromatic heterocycles. The standard InChI is InChI=1S/C14H16Cl2N2O2/c1-9(2)14(3,8-17)18-13(19)7-20-12-5-10(15)4-11(16)6-12/h4-6,9H,7H2,1-3H3,(H,18,19). The number of amides is 1. The van der Waals surface area contributed by atoms with Crippen LogP contribution >= 0.6 is 23.2 Å². The highest BCUT2D eigenvalue weighted by molar-refractivity contribution is 6.34. The molecule has 108 valence electrons. The molecule has 0 bridgehead atoms. The number of carbonyl (C=O) groups is 1. The molecule has 0 saturated heterocycles. The largest absolute Gasteiger partial charge is 0.484 e. The van der Waals surface area contributed by atoms with Crippen molar-refractivity contribution in [3.63, 3.8) is 0 Å². The van der Waals surface area contributed by atoms with Crippen LogP contribution in [-0.2, 0) is 4.79 Å². The fourth-order valence-corrected chi connectivity index (χ4v) is 1.89. The van der Waals surface area contributed by atoms with Crippen molar-refractivity contribution in [2.45, 2.75) is 26.3 Å². The molecule has 0 fully saturated rings. The van der Waals surface area contributed by atoms with E-state index >= 15 is 0 Å². The summed E-state index contributed by atoms with van der Waals surface area (Å²) in [4.78, 5) is 11.8. The third-order valence-corrected chi connectivity index (χ3v) is 3.43. The summed E-state index contributed by atoms with van der Waals surface area (Å²) >= 11 is 11.7. The number of nitriles is 1. The summed E-state index contributed by atoms with van der Waals surface area (Å²) in [6.07, 6.45) is 0. The van der Waals surface area contributed by atoms with Crippen LogP contribution in [0.3, 0.4) is 0 Å². The van der Waals surface area contributed by atoms with E-state index < -0.39 is 5.54 Å². The number of nitrogens with zero attached hydrogens (tertiary/aromatic N) is 1. The lowest BCUT2D eigenvalue weighted by Crippen LogP contribution is -2.50. The molecule has 0 aliphatic rings. The maximum absolute atomic E-state index is 11.8. The van der Waals surface area contributed by atoms with Gasteiger partial charge in [0.1, 0.15) is 11.3 Å². The minimum absolute atomic E-state index is 0.0166. The van der Waals surface area contributed by atoms with Gasteiger partial charge in [-0.1, -0.05) is 37.0 Å². The maximum Gasteiger partial charge on any atom is 0.259 e. The monoisotopic (exact) mass is 314 g/mol. The van der Waals surface area contributed by atoms with Crippen LogP contribution in [0.25, 0.3) is 0 Å². The van der Waals surface area contributed by atoms with Gasteiger partial charge in [-0.3, -0.25) is 4.79 Å². The molecule has 0 spiro atoms. The molecular weight excluding hydrogens is 299 g/mol. The summed E-state index contributed by atoms with van der Waals surface area (Å²) in [5.74, 6) is 0.0109. The molecule has 0 aliphatic carbocycles. The number of carbonyl (C=O) groups excluding carboxylic acids is 1. The van der Waals surface area contributed by atoms with Crippen LogP contribution in [0.1, 0.15) is 20.8 Å². The van der Waals surface area contributed by atoms with Crippen molar-refractivity contribution in [3.8, 4) is 11.8 Å². The normalized spacial score (nSPS) is 13.4. The predicted octanol–water partition coefficient (Wildman–Crippen LogP) is 3.43. The molecule has 1 amide bonds. The Bertz CT molecular complexity index is 520. The highest BCUT2D eigenvalue weighted by Crippen LogP contribution is 2.24. The van der Waals surface area contributed by atoms with Crippen LogP contribution in [0.4, 0.5) is 0 Å². The van der Waals surface area contributed by atoms with Gasteiger partial charge in [0.05, 0.1) is 6.07 Å². The smallest absolute Gasteiger partial charge is 0.259 e. The summed E-state index contributed by atoms with van der Waals surface area (Å²) in [5, 5.41) is 12.6. The van der Waals surface area contributed by atoms with Crippen molar-refractivity contribution < 1.29 is 9.53 Å². The van der Waals surface area contributed by atoms with E-state index in [0.717, 1.165) is 0 Å². The number of nitrogens with one attached hydrogen (secondary N) is 1. The molecule has 0 saturated carbocycles. The Morgan fingerprint density at radius 3 is 2.40 bits per heavy atom. The Morgan fingerprint density at radius 1 is 1.40 bits per heavy atom. The van der Waals surface area contributed by atoms with E-state index in [1.54, 1.807) is 25.1 Å². The van der Waals surface area contributed by atoms with Crippen LogP contribution in [0.15, 0.2) is 18.2 Å². The van der Waals surface area contributed by atoms with E-state index in [2.05, 4.69) is 11.4 Å². The lowest BCUT2D eigenvalue weighted by atomic mass is 9.90. The Balaban J connectivity index is 2.62. The van der Waals surface area contributed by atoms with E-state index in [1.807, 2.05) is 13.8 Å². The van der Waals surface area contributed by atoms with Crippen LogP contribution < -0.4 is 10.1 Å². The van der Waals surface area contributed by atoms with Gasteiger partial charge in [0, 0.05) is 10.0 Å². The van der Waals surface area contributed by atoms with E-state index in [4.69, 9.17) is 33.2 Å². The SMILES string of the molecule is CC(C)C(C)(C#N)NC(=O)COc1cc(Cl)cc(Cl)c1. The molecule has 4 nitrogen and oxygen atoms in total. The Hall–Kier alpha value is -1.44. The molecule has 6 heteroatoms. The van der Waals surface area contributed by atoms with Gasteiger partial charge in [-0.05, 0) is 31.0 Å². The summed E-state index contributed by atoms with van der Waals surface area (Å²) in [6, 6.07) is 6.79. The quantitative estimate of drug-likeness (QED) is 0.905. The van der Waals surface area contributed by atoms with Crippen molar-refractivity contribution in [2.75, 3.05) is 6.61 Å². The summed E-state index contributed by atoms with van der Waals surface area (Å²) in [6.45, 7) is 5.19. The Kier molecular flexibility index (Phi) is 5.67. The van der Waals surface area contributed by atoms with Gasteiger partial charge in [0.2, 0.25) is 0 Å². The van der Waals surface area contributed by atoms with Crippen molar-refractivity contribution in [2.24, 2.45) is 5.92 Å². The first-order chi connectivity index (χ1) is 9.26. The fraction of sp³-hybridized carbons (Fsp3) is 0.429. The van der Waals surface area contributed by atoms with E-state index in [-0.39, 0.29) is 18.4 Å². The van der Waals surface area contributed by atoms with Crippen LogP contribution in [0.5, 0.6) is 5.75 Å². The molecule has 1 N–H and O–H groups in total. The fourth-order valence-electron chi connectivity index (χ4n) is 1.39. The average Bonchev–Trinajstić information content (AvgIpc) is 2.35. The number of rotatable bonds is 5. The van der Waals surface area contributed by atoms with Crippen molar-refractivity contribution in [1.29, 1.82) is 5.26 Å². The molecule has 1 aromatic rings. The third kappa shape index (κ3) is 4.59. The van der Waals surface area contributed by atoms with Crippen molar-refractivity contribution in [3.05, 3.63) is 28.2 Å². The second-order valence-electron chi connectivity index (χ2n) is 4.91. The van der Waals surface area contributed by atoms with Crippen molar-refractivity contribution in [1.82, 2.24) is 5.32 Å². The van der Waals surface area contributed by atoms with E-state index in [9.17, 15) is 4.79 Å². The van der Waals surface area contributed by atoms with Crippen LogP contribution in [-0.4, -0.2) is 18.1 Å². The molecule has 1 rings (SSSR count). The van der Waals surface area contributed by atoms with Crippen LogP contribution in [0, 0.1) is 17.2 Å². The summed E-state index contributed by atoms with van der Waals surface area (Å²) in [7, 11) is 0. The Labute approximate surface area is 128 Å². The van der Waals surface area contributed by atoms with Gasteiger partial charge in [0.25, 0.3) is 5.91 Å². The maximum atomic E-state index is 11.8. The molecule has 0 radical (unpaired) electrons. The van der Waals surface area contributed by atoms with E-state index in [0.29, 0.717) is 15.8 Å². The van der Waals surface area contributed by atoms with Crippen molar-refractivity contribution >= 4 is 29.1 Å². The summed E-state index contributed by atoms with van der Waals surface area (Å²) in [5.41, 5.74) is -0.924. The minimum Gasteiger partial charge on any atom is -0.484 e. The number of hydrogen-bond acceptors (Lipinski definition) is 3. The lowest BCUT2D eigenvalue weighted by molar-refractivity contribution is -0.124. The third-order valence-electron chi connectivity index (χ3n) is 2.99. The molecule has 0 heterocycles. The zero-order valence-corrected chi connectivity index (χ0v) is 13.0. The predicted molar refractivity (Wildman–Crippen MR) is 79.0 cm³/mol. The lowest BCUT2D eigenvalue weighted by Gasteiger charge is -2.27. The number of halogens is 2. The second-order valence-corrected chi connectivity index (χ2v) is 5.78. The van der Waals surface area contributed by atoms with Gasteiger partial charge in [-0.15, -0.1) is 0 Å². The highest BCUT2D eigenvalue weighted by atomic mass is 35.5. The zero-order valence-electron chi connectivity index (χ0n) is 11.5. The zero-order chi connectivity index (χ0) is 15.3. The number of hydrogen-bond donors (Lipinski definition) is 1. The Morgan fingerprint density at radius 2 is 1.95 bits per heavy atom. The molecule has 1 unspecified atom stereocenters. The highest BCUT2D eigenvalue weighted by Gasteiger charge is 2.29. The van der Waals surface area contributed by atoms with Gasteiger partial charge < -0.3 is 10.1 Å². The topological polar surface area (TPSA) is 62.1 Å². The first-order valence-electron chi connectivity index (χ1n) is 6.08. The number of benzene rings is 1. The molecule has 0 aliphatic heterocycles. The average molecular weight is 315 g/mol. The van der Waals surface area contributed by atoms with E-state index in [1.165, 1.54) is 0 Å². The van der Waals surface area contributed by atoms with Gasteiger partial charge in [0.15, 0.2) is 6.61 Å². The second kappa shape index (κ2) is 6.83. The number of ether oxygens (including phenoxy) is 1. The first kappa shape index (κ1) is 16.6. The van der Waals surface area contributed by atoms with Crippen LogP contribution in [0.2, 0.25) is 10.0 Å². The van der Waals surface area contributed by atoms with Gasteiger partial charge in [-0.25, -0.2) is 0 Å². The van der Waals surface area contributed by atoms with Gasteiger partial charge >= 0.3 is 0 Å². The summed E-state index contributed by atoms with van der Waals surface area (Å²) < 4.78 is 5.31. The molecule has 1 atom stereocenters. The van der Waals surface area contributed by atoms with Gasteiger partial charge in [-0.2, -0.15) is 5.26 Å². The molecule has 1 aromatic carbocycles. The first-order valence-corrected chi connectivity index (χ1v) is 6.83. The minimum atomic E-state index is -0.924. The molecular formula is C14H16Cl2N2O2.